The zero-order valence-electron chi connectivity index (χ0n) is 12.6. The maximum Gasteiger partial charge on any atom is 0.0457 e. The van der Waals surface area contributed by atoms with E-state index in [1.54, 1.807) is 6.26 Å². The molecule has 3 aromatic rings. The summed E-state index contributed by atoms with van der Waals surface area (Å²) in [4.78, 5) is 3.24. The van der Waals surface area contributed by atoms with Crippen LogP contribution in [0.15, 0.2) is 60.8 Å². The predicted octanol–water partition coefficient (Wildman–Crippen LogP) is 3.38. The van der Waals surface area contributed by atoms with Crippen LogP contribution in [-0.4, -0.2) is 21.2 Å². The van der Waals surface area contributed by atoms with Crippen molar-refractivity contribution in [2.45, 2.75) is 12.6 Å². The first-order valence-corrected chi connectivity index (χ1v) is 9.10. The van der Waals surface area contributed by atoms with Gasteiger partial charge in [-0.3, -0.25) is 4.21 Å². The first-order valence-electron chi connectivity index (χ1n) is 7.37. The molecule has 0 fully saturated rings. The average molecular weight is 312 g/mol. The van der Waals surface area contributed by atoms with E-state index in [2.05, 4.69) is 46.7 Å². The molecule has 1 heterocycles. The van der Waals surface area contributed by atoms with E-state index in [1.807, 2.05) is 24.4 Å². The lowest BCUT2D eigenvalue weighted by Gasteiger charge is -2.18. The lowest BCUT2D eigenvalue weighted by atomic mass is 10.1. The summed E-state index contributed by atoms with van der Waals surface area (Å²) in [6, 6.07) is 18.7. The fraction of sp³-hybridized carbons (Fsp3) is 0.222. The van der Waals surface area contributed by atoms with E-state index in [0.717, 1.165) is 12.1 Å². The second-order valence-electron chi connectivity index (χ2n) is 5.44. The third kappa shape index (κ3) is 3.46. The number of rotatable bonds is 6. The molecule has 2 N–H and O–H groups in total. The summed E-state index contributed by atoms with van der Waals surface area (Å²) in [5.41, 5.74) is 3.58. The van der Waals surface area contributed by atoms with Gasteiger partial charge in [-0.15, -0.1) is 0 Å². The van der Waals surface area contributed by atoms with Crippen molar-refractivity contribution >= 4 is 21.7 Å². The van der Waals surface area contributed by atoms with Gasteiger partial charge >= 0.3 is 0 Å². The van der Waals surface area contributed by atoms with Crippen LogP contribution in [0.2, 0.25) is 0 Å². The van der Waals surface area contributed by atoms with E-state index in [-0.39, 0.29) is 6.04 Å². The van der Waals surface area contributed by atoms with E-state index >= 15 is 0 Å². The lowest BCUT2D eigenvalue weighted by molar-refractivity contribution is 0.576. The molecule has 0 aliphatic heterocycles. The quantitative estimate of drug-likeness (QED) is 0.733. The van der Waals surface area contributed by atoms with Crippen LogP contribution in [-0.2, 0) is 17.3 Å². The van der Waals surface area contributed by atoms with Crippen molar-refractivity contribution in [3.63, 3.8) is 0 Å². The minimum atomic E-state index is -0.842. The SMILES string of the molecule is C[S@@](=O)C[C@@H](NCc1cccc2[nH]ccc12)c1ccccc1. The van der Waals surface area contributed by atoms with Gasteiger partial charge in [0, 0.05) is 52.5 Å². The number of aromatic nitrogens is 1. The number of nitrogens with one attached hydrogen (secondary N) is 2. The van der Waals surface area contributed by atoms with Gasteiger partial charge in [0.25, 0.3) is 0 Å². The molecule has 0 saturated heterocycles. The summed E-state index contributed by atoms with van der Waals surface area (Å²) < 4.78 is 11.7. The molecule has 0 aliphatic rings. The number of hydrogen-bond donors (Lipinski definition) is 2. The highest BCUT2D eigenvalue weighted by Crippen LogP contribution is 2.19. The van der Waals surface area contributed by atoms with Crippen LogP contribution in [0.25, 0.3) is 10.9 Å². The van der Waals surface area contributed by atoms with Crippen LogP contribution in [0.5, 0.6) is 0 Å². The molecule has 0 unspecified atom stereocenters. The minimum Gasteiger partial charge on any atom is -0.361 e. The second kappa shape index (κ2) is 6.90. The predicted molar refractivity (Wildman–Crippen MR) is 93.3 cm³/mol. The fourth-order valence-electron chi connectivity index (χ4n) is 2.73. The molecular weight excluding hydrogens is 292 g/mol. The Balaban J connectivity index is 1.79. The molecule has 0 aliphatic carbocycles. The molecule has 22 heavy (non-hydrogen) atoms. The van der Waals surface area contributed by atoms with Gasteiger partial charge in [-0.1, -0.05) is 42.5 Å². The van der Waals surface area contributed by atoms with Crippen molar-refractivity contribution in [3.05, 3.63) is 71.9 Å². The Bertz CT molecular complexity index is 767. The van der Waals surface area contributed by atoms with Crippen molar-refractivity contribution in [1.29, 1.82) is 0 Å². The van der Waals surface area contributed by atoms with Gasteiger partial charge in [0.1, 0.15) is 0 Å². The molecule has 0 amide bonds. The average Bonchev–Trinajstić information content (AvgIpc) is 3.01. The van der Waals surface area contributed by atoms with E-state index < -0.39 is 10.8 Å². The number of fused-ring (bicyclic) bond motifs is 1. The van der Waals surface area contributed by atoms with E-state index in [9.17, 15) is 4.21 Å². The smallest absolute Gasteiger partial charge is 0.0457 e. The molecular formula is C18H20N2OS. The van der Waals surface area contributed by atoms with Gasteiger partial charge in [0.05, 0.1) is 0 Å². The molecule has 3 nitrogen and oxygen atoms in total. The fourth-order valence-corrected chi connectivity index (χ4v) is 3.51. The van der Waals surface area contributed by atoms with Gasteiger partial charge in [0.2, 0.25) is 0 Å². The number of hydrogen-bond acceptors (Lipinski definition) is 2. The van der Waals surface area contributed by atoms with E-state index in [0.29, 0.717) is 5.75 Å². The number of benzene rings is 2. The first kappa shape index (κ1) is 15.0. The third-order valence-electron chi connectivity index (χ3n) is 3.83. The minimum absolute atomic E-state index is 0.0984. The molecule has 3 rings (SSSR count). The van der Waals surface area contributed by atoms with E-state index in [4.69, 9.17) is 0 Å². The maximum absolute atomic E-state index is 11.7. The summed E-state index contributed by atoms with van der Waals surface area (Å²) in [5, 5.41) is 4.79. The zero-order chi connectivity index (χ0) is 15.4. The van der Waals surface area contributed by atoms with Crippen molar-refractivity contribution < 1.29 is 4.21 Å². The Morgan fingerprint density at radius 3 is 2.68 bits per heavy atom. The highest BCUT2D eigenvalue weighted by atomic mass is 32.2. The monoisotopic (exact) mass is 312 g/mol. The van der Waals surface area contributed by atoms with Crippen LogP contribution in [0.3, 0.4) is 0 Å². The maximum atomic E-state index is 11.7. The summed E-state index contributed by atoms with van der Waals surface area (Å²) in [6.45, 7) is 0.756. The highest BCUT2D eigenvalue weighted by molar-refractivity contribution is 7.84. The Morgan fingerprint density at radius 1 is 1.09 bits per heavy atom. The van der Waals surface area contributed by atoms with Gasteiger partial charge in [0.15, 0.2) is 0 Å². The summed E-state index contributed by atoms with van der Waals surface area (Å²) >= 11 is 0. The summed E-state index contributed by atoms with van der Waals surface area (Å²) in [7, 11) is -0.842. The van der Waals surface area contributed by atoms with Crippen LogP contribution in [0.4, 0.5) is 0 Å². The molecule has 114 valence electrons. The van der Waals surface area contributed by atoms with Crippen LogP contribution >= 0.6 is 0 Å². The zero-order valence-corrected chi connectivity index (χ0v) is 13.4. The topological polar surface area (TPSA) is 44.9 Å². The number of H-pyrrole nitrogens is 1. The number of aromatic amines is 1. The molecule has 0 saturated carbocycles. The van der Waals surface area contributed by atoms with Crippen molar-refractivity contribution in [2.24, 2.45) is 0 Å². The Kier molecular flexibility index (Phi) is 4.71. The van der Waals surface area contributed by atoms with Gasteiger partial charge < -0.3 is 10.3 Å². The van der Waals surface area contributed by atoms with Gasteiger partial charge in [-0.05, 0) is 23.3 Å². The molecule has 0 bridgehead atoms. The first-order chi connectivity index (χ1) is 10.7. The van der Waals surface area contributed by atoms with Crippen LogP contribution in [0, 0.1) is 0 Å². The Hall–Kier alpha value is -1.91. The normalized spacial score (nSPS) is 14.0. The standard InChI is InChI=1S/C18H20N2OS/c1-22(21)13-18(14-6-3-2-4-7-14)20-12-15-8-5-9-17-16(15)10-11-19-17/h2-11,18-20H,12-13H2,1H3/t18-,22-/m1/s1. The van der Waals surface area contributed by atoms with Gasteiger partial charge in [-0.25, -0.2) is 0 Å². The lowest BCUT2D eigenvalue weighted by Crippen LogP contribution is -2.25. The Labute approximate surface area is 133 Å². The largest absolute Gasteiger partial charge is 0.361 e. The van der Waals surface area contributed by atoms with E-state index in [1.165, 1.54) is 16.5 Å². The molecule has 1 aromatic heterocycles. The molecule has 2 aromatic carbocycles. The van der Waals surface area contributed by atoms with Crippen molar-refractivity contribution in [2.75, 3.05) is 12.0 Å². The molecule has 0 spiro atoms. The van der Waals surface area contributed by atoms with Crippen LogP contribution < -0.4 is 5.32 Å². The highest BCUT2D eigenvalue weighted by Gasteiger charge is 2.13. The molecule has 2 atom stereocenters. The van der Waals surface area contributed by atoms with Crippen molar-refractivity contribution in [3.8, 4) is 0 Å². The molecule has 0 radical (unpaired) electrons. The van der Waals surface area contributed by atoms with Gasteiger partial charge in [-0.2, -0.15) is 0 Å². The molecule has 4 heteroatoms. The van der Waals surface area contributed by atoms with Crippen molar-refractivity contribution in [1.82, 2.24) is 10.3 Å². The summed E-state index contributed by atoms with van der Waals surface area (Å²) in [6.07, 6.45) is 3.72. The van der Waals surface area contributed by atoms with Crippen LogP contribution in [0.1, 0.15) is 17.2 Å². The third-order valence-corrected chi connectivity index (χ3v) is 4.63. The Morgan fingerprint density at radius 2 is 1.91 bits per heavy atom. The summed E-state index contributed by atoms with van der Waals surface area (Å²) in [5.74, 6) is 0.618. The second-order valence-corrected chi connectivity index (χ2v) is 6.92.